The van der Waals surface area contributed by atoms with Crippen LogP contribution in [0.1, 0.15) is 51.7 Å². The molecule has 0 amide bonds. The van der Waals surface area contributed by atoms with Crippen LogP contribution in [0.3, 0.4) is 0 Å². The zero-order valence-corrected chi connectivity index (χ0v) is 13.9. The van der Waals surface area contributed by atoms with Gasteiger partial charge in [0.25, 0.3) is 0 Å². The van der Waals surface area contributed by atoms with E-state index < -0.39 is 11.9 Å². The summed E-state index contributed by atoms with van der Waals surface area (Å²) in [6, 6.07) is 5.76. The molecule has 1 aromatic rings. The van der Waals surface area contributed by atoms with Gasteiger partial charge in [-0.2, -0.15) is 0 Å². The first kappa shape index (κ1) is 18.2. The van der Waals surface area contributed by atoms with E-state index in [1.165, 1.54) is 5.56 Å². The smallest absolute Gasteiger partial charge is 0.311 e. The molecule has 0 aliphatic rings. The van der Waals surface area contributed by atoms with Gasteiger partial charge in [-0.15, -0.1) is 0 Å². The highest BCUT2D eigenvalue weighted by Crippen LogP contribution is 2.28. The summed E-state index contributed by atoms with van der Waals surface area (Å²) in [4.78, 5) is 22.3. The number of hydrogen-bond acceptors (Lipinski definition) is 3. The number of rotatable bonds is 8. The first-order chi connectivity index (χ1) is 10.3. The molecule has 0 aliphatic heterocycles. The lowest BCUT2D eigenvalue weighted by Gasteiger charge is -2.17. The lowest BCUT2D eigenvalue weighted by atomic mass is 9.92. The number of benzene rings is 1. The summed E-state index contributed by atoms with van der Waals surface area (Å²) < 4.78 is 5.42. The summed E-state index contributed by atoms with van der Waals surface area (Å²) in [5.41, 5.74) is 2.27. The number of ether oxygens (including phenoxy) is 1. The number of esters is 1. The van der Waals surface area contributed by atoms with E-state index >= 15 is 0 Å². The van der Waals surface area contributed by atoms with Crippen LogP contribution >= 0.6 is 0 Å². The first-order valence-corrected chi connectivity index (χ1v) is 7.82. The molecule has 122 valence electrons. The highest BCUT2D eigenvalue weighted by atomic mass is 16.5. The summed E-state index contributed by atoms with van der Waals surface area (Å²) in [6.07, 6.45) is 1.46. The Labute approximate surface area is 132 Å². The molecule has 0 spiro atoms. The Bertz CT molecular complexity index is 518. The molecule has 0 unspecified atom stereocenters. The van der Waals surface area contributed by atoms with Gasteiger partial charge in [0.2, 0.25) is 0 Å². The highest BCUT2D eigenvalue weighted by Gasteiger charge is 2.15. The van der Waals surface area contributed by atoms with Crippen molar-refractivity contribution in [3.8, 4) is 5.75 Å². The van der Waals surface area contributed by atoms with Crippen molar-refractivity contribution in [3.05, 3.63) is 29.3 Å². The fourth-order valence-corrected chi connectivity index (χ4v) is 2.36. The van der Waals surface area contributed by atoms with Gasteiger partial charge in [0.15, 0.2) is 0 Å². The van der Waals surface area contributed by atoms with Crippen LogP contribution in [0.4, 0.5) is 0 Å². The van der Waals surface area contributed by atoms with Crippen LogP contribution in [0, 0.1) is 11.8 Å². The molecule has 1 N–H and O–H groups in total. The Morgan fingerprint density at radius 1 is 1.05 bits per heavy atom. The van der Waals surface area contributed by atoms with Gasteiger partial charge in [0, 0.05) is 0 Å². The quantitative estimate of drug-likeness (QED) is 0.585. The Morgan fingerprint density at radius 2 is 1.68 bits per heavy atom. The van der Waals surface area contributed by atoms with Crippen molar-refractivity contribution in [1.82, 2.24) is 0 Å². The minimum absolute atomic E-state index is 0.106. The standard InChI is InChI=1S/C18H26O4/c1-12(2)10-14-6-5-7-16(15(14)11-13(3)4)22-18(21)9-8-17(19)20/h5-7,12-13H,8-11H2,1-4H3,(H,19,20). The zero-order valence-electron chi connectivity index (χ0n) is 13.9. The molecule has 0 saturated heterocycles. The molecular weight excluding hydrogens is 280 g/mol. The van der Waals surface area contributed by atoms with Crippen LogP contribution in [0.5, 0.6) is 5.75 Å². The highest BCUT2D eigenvalue weighted by molar-refractivity contribution is 5.78. The van der Waals surface area contributed by atoms with E-state index in [0.717, 1.165) is 18.4 Å². The molecule has 0 fully saturated rings. The third-order valence-electron chi connectivity index (χ3n) is 3.24. The van der Waals surface area contributed by atoms with Crippen LogP contribution in [0.25, 0.3) is 0 Å². The monoisotopic (exact) mass is 306 g/mol. The summed E-state index contributed by atoms with van der Waals surface area (Å²) in [7, 11) is 0. The van der Waals surface area contributed by atoms with Crippen molar-refractivity contribution in [3.63, 3.8) is 0 Å². The predicted octanol–water partition coefficient (Wildman–Crippen LogP) is 3.85. The van der Waals surface area contributed by atoms with Crippen LogP contribution in [0.15, 0.2) is 18.2 Å². The molecule has 0 bridgehead atoms. The van der Waals surface area contributed by atoms with Crippen molar-refractivity contribution < 1.29 is 19.4 Å². The molecule has 0 aliphatic carbocycles. The molecule has 0 heterocycles. The van der Waals surface area contributed by atoms with Gasteiger partial charge in [0.1, 0.15) is 5.75 Å². The van der Waals surface area contributed by atoms with Gasteiger partial charge in [-0.3, -0.25) is 9.59 Å². The molecule has 0 aromatic heterocycles. The molecule has 0 atom stereocenters. The van der Waals surface area contributed by atoms with Crippen molar-refractivity contribution in [2.75, 3.05) is 0 Å². The van der Waals surface area contributed by atoms with Crippen LogP contribution in [-0.4, -0.2) is 17.0 Å². The average Bonchev–Trinajstić information content (AvgIpc) is 2.39. The number of carbonyl (C=O) groups is 2. The zero-order chi connectivity index (χ0) is 16.7. The summed E-state index contributed by atoms with van der Waals surface area (Å²) in [5.74, 6) is 0.0536. The Balaban J connectivity index is 2.96. The number of carbonyl (C=O) groups excluding carboxylic acids is 1. The second-order valence-corrected chi connectivity index (χ2v) is 6.46. The third kappa shape index (κ3) is 6.29. The van der Waals surface area contributed by atoms with Gasteiger partial charge >= 0.3 is 11.9 Å². The van der Waals surface area contributed by atoms with Gasteiger partial charge in [0.05, 0.1) is 12.8 Å². The predicted molar refractivity (Wildman–Crippen MR) is 86.0 cm³/mol. The maximum atomic E-state index is 11.8. The minimum Gasteiger partial charge on any atom is -0.481 e. The lowest BCUT2D eigenvalue weighted by molar-refractivity contribution is -0.142. The Hall–Kier alpha value is -1.84. The van der Waals surface area contributed by atoms with E-state index in [4.69, 9.17) is 9.84 Å². The average molecular weight is 306 g/mol. The van der Waals surface area contributed by atoms with E-state index in [1.54, 1.807) is 6.07 Å². The number of hydrogen-bond donors (Lipinski definition) is 1. The molecule has 22 heavy (non-hydrogen) atoms. The van der Waals surface area contributed by atoms with E-state index in [1.807, 2.05) is 6.07 Å². The largest absolute Gasteiger partial charge is 0.481 e. The van der Waals surface area contributed by atoms with Crippen LogP contribution in [0.2, 0.25) is 0 Å². The topological polar surface area (TPSA) is 63.6 Å². The van der Waals surface area contributed by atoms with Crippen LogP contribution in [-0.2, 0) is 22.4 Å². The molecule has 1 aromatic carbocycles. The van der Waals surface area contributed by atoms with E-state index in [-0.39, 0.29) is 12.8 Å². The summed E-state index contributed by atoms with van der Waals surface area (Å²) >= 11 is 0. The molecule has 4 nitrogen and oxygen atoms in total. The van der Waals surface area contributed by atoms with Crippen molar-refractivity contribution in [1.29, 1.82) is 0 Å². The normalized spacial score (nSPS) is 11.0. The fraction of sp³-hybridized carbons (Fsp3) is 0.556. The van der Waals surface area contributed by atoms with Gasteiger partial charge in [-0.25, -0.2) is 0 Å². The van der Waals surface area contributed by atoms with Gasteiger partial charge < -0.3 is 9.84 Å². The number of carboxylic acid groups (broad SMARTS) is 1. The third-order valence-corrected chi connectivity index (χ3v) is 3.24. The summed E-state index contributed by atoms with van der Waals surface area (Å²) in [6.45, 7) is 8.57. The molecule has 0 radical (unpaired) electrons. The lowest BCUT2D eigenvalue weighted by Crippen LogP contribution is -2.13. The van der Waals surface area contributed by atoms with Crippen molar-refractivity contribution in [2.24, 2.45) is 11.8 Å². The Morgan fingerprint density at radius 3 is 2.23 bits per heavy atom. The molecule has 0 saturated carbocycles. The number of aliphatic carboxylic acids is 1. The van der Waals surface area contributed by atoms with Gasteiger partial charge in [-0.1, -0.05) is 39.8 Å². The van der Waals surface area contributed by atoms with Crippen molar-refractivity contribution >= 4 is 11.9 Å². The Kier molecular flexibility index (Phi) is 7.09. The molecule has 4 heteroatoms. The van der Waals surface area contributed by atoms with E-state index in [2.05, 4.69) is 33.8 Å². The summed E-state index contributed by atoms with van der Waals surface area (Å²) in [5, 5.41) is 8.64. The van der Waals surface area contributed by atoms with E-state index in [9.17, 15) is 9.59 Å². The molecule has 1 rings (SSSR count). The van der Waals surface area contributed by atoms with Gasteiger partial charge in [-0.05, 0) is 41.9 Å². The SMILES string of the molecule is CC(C)Cc1cccc(OC(=O)CCC(=O)O)c1CC(C)C. The maximum Gasteiger partial charge on any atom is 0.311 e. The molecular formula is C18H26O4. The number of carboxylic acids is 1. The first-order valence-electron chi connectivity index (χ1n) is 7.82. The fourth-order valence-electron chi connectivity index (χ4n) is 2.36. The second kappa shape index (κ2) is 8.57. The van der Waals surface area contributed by atoms with Crippen molar-refractivity contribution in [2.45, 2.75) is 53.4 Å². The minimum atomic E-state index is -0.993. The van der Waals surface area contributed by atoms with E-state index in [0.29, 0.717) is 17.6 Å². The van der Waals surface area contributed by atoms with Crippen LogP contribution < -0.4 is 4.74 Å². The maximum absolute atomic E-state index is 11.8. The second-order valence-electron chi connectivity index (χ2n) is 6.46.